The molecule has 0 aromatic rings. The lowest BCUT2D eigenvalue weighted by atomic mass is 10.3. The quantitative estimate of drug-likeness (QED) is 0.496. The molecule has 0 aliphatic carbocycles. The van der Waals surface area contributed by atoms with Gasteiger partial charge in [-0.15, -0.1) is 11.8 Å². The van der Waals surface area contributed by atoms with Crippen LogP contribution in [0.25, 0.3) is 0 Å². The van der Waals surface area contributed by atoms with Crippen LogP contribution in [0.5, 0.6) is 0 Å². The van der Waals surface area contributed by atoms with Gasteiger partial charge in [-0.3, -0.25) is 4.79 Å². The van der Waals surface area contributed by atoms with E-state index in [1.807, 2.05) is 6.26 Å². The molecule has 1 N–H and O–H groups in total. The van der Waals surface area contributed by atoms with E-state index >= 15 is 0 Å². The first kappa shape index (κ1) is 10.5. The van der Waals surface area contributed by atoms with Crippen molar-refractivity contribution in [2.45, 2.75) is 25.1 Å². The van der Waals surface area contributed by atoms with E-state index in [1.165, 1.54) is 6.92 Å². The number of carbonyl (C=O) groups is 2. The maximum absolute atomic E-state index is 10.6. The van der Waals surface area contributed by atoms with Crippen LogP contribution in [0.4, 0.5) is 0 Å². The maximum atomic E-state index is 10.6. The van der Waals surface area contributed by atoms with E-state index in [9.17, 15) is 9.59 Å². The number of hydrogen-bond donors (Lipinski definition) is 1. The molecule has 0 aromatic heterocycles. The molecule has 11 heavy (non-hydrogen) atoms. The minimum atomic E-state index is -0.0461. The van der Waals surface area contributed by atoms with Crippen molar-refractivity contribution in [3.8, 4) is 0 Å². The van der Waals surface area contributed by atoms with Gasteiger partial charge in [-0.05, 0) is 12.7 Å². The Kier molecular flexibility index (Phi) is 5.93. The largest absolute Gasteiger partial charge is 0.345 e. The Morgan fingerprint density at radius 1 is 1.73 bits per heavy atom. The second kappa shape index (κ2) is 6.22. The lowest BCUT2D eigenvalue weighted by Gasteiger charge is -2.12. The van der Waals surface area contributed by atoms with Crippen LogP contribution in [0.1, 0.15) is 19.8 Å². The Labute approximate surface area is 70.9 Å². The van der Waals surface area contributed by atoms with E-state index in [4.69, 9.17) is 0 Å². The molecule has 0 spiro atoms. The zero-order valence-electron chi connectivity index (χ0n) is 6.79. The summed E-state index contributed by atoms with van der Waals surface area (Å²) in [6.07, 6.45) is 3.99. The Balaban J connectivity index is 3.57. The molecular formula is C7H13NO2S. The van der Waals surface area contributed by atoms with Crippen molar-refractivity contribution in [3.63, 3.8) is 0 Å². The van der Waals surface area contributed by atoms with E-state index in [0.717, 1.165) is 6.29 Å². The summed E-state index contributed by atoms with van der Waals surface area (Å²) >= 11 is 1.55. The van der Waals surface area contributed by atoms with Crippen LogP contribution in [-0.4, -0.2) is 23.8 Å². The first-order valence-electron chi connectivity index (χ1n) is 3.44. The number of rotatable bonds is 5. The topological polar surface area (TPSA) is 46.2 Å². The Morgan fingerprint density at radius 2 is 2.36 bits per heavy atom. The van der Waals surface area contributed by atoms with Gasteiger partial charge in [0.25, 0.3) is 0 Å². The van der Waals surface area contributed by atoms with Crippen LogP contribution in [0.3, 0.4) is 0 Å². The summed E-state index contributed by atoms with van der Waals surface area (Å²) in [7, 11) is 0. The monoisotopic (exact) mass is 175 g/mol. The third-order valence-corrected chi connectivity index (χ3v) is 2.12. The fraction of sp³-hybridized carbons (Fsp3) is 0.714. The third kappa shape index (κ3) is 5.91. The van der Waals surface area contributed by atoms with E-state index < -0.39 is 0 Å². The normalized spacial score (nSPS) is 12.2. The van der Waals surface area contributed by atoms with Crippen LogP contribution >= 0.6 is 11.8 Å². The van der Waals surface area contributed by atoms with Crippen molar-refractivity contribution < 1.29 is 9.59 Å². The van der Waals surface area contributed by atoms with Gasteiger partial charge in [0.2, 0.25) is 5.91 Å². The van der Waals surface area contributed by atoms with E-state index in [0.29, 0.717) is 12.8 Å². The standard InChI is InChI=1S/C7H13NO2S/c1-6(10)8-7(11-2)4-3-5-9/h5,7H,3-4H2,1-2H3,(H,8,10). The van der Waals surface area contributed by atoms with Gasteiger partial charge in [0.05, 0.1) is 5.37 Å². The smallest absolute Gasteiger partial charge is 0.217 e. The molecule has 0 saturated carbocycles. The van der Waals surface area contributed by atoms with Gasteiger partial charge in [0, 0.05) is 13.3 Å². The molecule has 1 atom stereocenters. The first-order chi connectivity index (χ1) is 5.20. The van der Waals surface area contributed by atoms with Crippen molar-refractivity contribution >= 4 is 24.0 Å². The van der Waals surface area contributed by atoms with Crippen molar-refractivity contribution in [1.82, 2.24) is 5.32 Å². The predicted molar refractivity (Wildman–Crippen MR) is 46.4 cm³/mol. The average Bonchev–Trinajstić information content (AvgIpc) is 1.97. The van der Waals surface area contributed by atoms with Crippen LogP contribution < -0.4 is 5.32 Å². The molecule has 0 heterocycles. The third-order valence-electron chi connectivity index (χ3n) is 1.20. The molecule has 3 nitrogen and oxygen atoms in total. The lowest BCUT2D eigenvalue weighted by Crippen LogP contribution is -2.30. The van der Waals surface area contributed by atoms with E-state index in [2.05, 4.69) is 5.32 Å². The lowest BCUT2D eigenvalue weighted by molar-refractivity contribution is -0.119. The fourth-order valence-electron chi connectivity index (χ4n) is 0.695. The second-order valence-corrected chi connectivity index (χ2v) is 3.21. The number of amides is 1. The van der Waals surface area contributed by atoms with Crippen LogP contribution in [0.15, 0.2) is 0 Å². The van der Waals surface area contributed by atoms with Crippen LogP contribution in [-0.2, 0) is 9.59 Å². The van der Waals surface area contributed by atoms with Crippen molar-refractivity contribution in [2.24, 2.45) is 0 Å². The summed E-state index contributed by atoms with van der Waals surface area (Å²) in [6, 6.07) is 0. The predicted octanol–water partition coefficient (Wildman–Crippen LogP) is 0.791. The number of aldehydes is 1. The number of nitrogens with one attached hydrogen (secondary N) is 1. The number of carbonyl (C=O) groups excluding carboxylic acids is 2. The molecule has 0 fully saturated rings. The van der Waals surface area contributed by atoms with Gasteiger partial charge in [-0.2, -0.15) is 0 Å². The highest BCUT2D eigenvalue weighted by atomic mass is 32.2. The van der Waals surface area contributed by atoms with E-state index in [1.54, 1.807) is 11.8 Å². The summed E-state index contributed by atoms with van der Waals surface area (Å²) in [4.78, 5) is 20.6. The number of thioether (sulfide) groups is 1. The highest BCUT2D eigenvalue weighted by Crippen LogP contribution is 2.08. The molecule has 0 bridgehead atoms. The van der Waals surface area contributed by atoms with Gasteiger partial charge in [-0.1, -0.05) is 0 Å². The molecule has 0 radical (unpaired) electrons. The van der Waals surface area contributed by atoms with Gasteiger partial charge >= 0.3 is 0 Å². The fourth-order valence-corrected chi connectivity index (χ4v) is 1.35. The molecular weight excluding hydrogens is 162 g/mol. The summed E-state index contributed by atoms with van der Waals surface area (Å²) in [5.74, 6) is -0.0461. The molecule has 0 aromatic carbocycles. The van der Waals surface area contributed by atoms with Crippen LogP contribution in [0.2, 0.25) is 0 Å². The molecule has 0 aliphatic heterocycles. The number of hydrogen-bond acceptors (Lipinski definition) is 3. The Bertz CT molecular complexity index is 138. The zero-order chi connectivity index (χ0) is 8.69. The summed E-state index contributed by atoms with van der Waals surface area (Å²) in [6.45, 7) is 1.48. The summed E-state index contributed by atoms with van der Waals surface area (Å²) < 4.78 is 0. The van der Waals surface area contributed by atoms with Gasteiger partial charge in [0.1, 0.15) is 6.29 Å². The molecule has 4 heteroatoms. The van der Waals surface area contributed by atoms with Gasteiger partial charge in [-0.25, -0.2) is 0 Å². The zero-order valence-corrected chi connectivity index (χ0v) is 7.61. The molecule has 1 unspecified atom stereocenters. The minimum Gasteiger partial charge on any atom is -0.345 e. The van der Waals surface area contributed by atoms with Gasteiger partial charge < -0.3 is 10.1 Å². The molecule has 1 amide bonds. The molecule has 0 rings (SSSR count). The van der Waals surface area contributed by atoms with Crippen molar-refractivity contribution in [3.05, 3.63) is 0 Å². The minimum absolute atomic E-state index is 0.0461. The maximum Gasteiger partial charge on any atom is 0.217 e. The van der Waals surface area contributed by atoms with E-state index in [-0.39, 0.29) is 11.3 Å². The second-order valence-electron chi connectivity index (χ2n) is 2.17. The molecule has 0 saturated heterocycles. The molecule has 0 aliphatic rings. The van der Waals surface area contributed by atoms with Crippen LogP contribution in [0, 0.1) is 0 Å². The van der Waals surface area contributed by atoms with Gasteiger partial charge in [0.15, 0.2) is 0 Å². The van der Waals surface area contributed by atoms with Crippen molar-refractivity contribution in [1.29, 1.82) is 0 Å². The molecule has 64 valence electrons. The summed E-state index contributed by atoms with van der Waals surface area (Å²) in [5, 5.41) is 2.81. The highest BCUT2D eigenvalue weighted by molar-refractivity contribution is 7.99. The SMILES string of the molecule is CSC(CCC=O)NC(C)=O. The Hall–Kier alpha value is -0.510. The Morgan fingerprint density at radius 3 is 2.73 bits per heavy atom. The highest BCUT2D eigenvalue weighted by Gasteiger charge is 2.05. The summed E-state index contributed by atoms with van der Waals surface area (Å²) in [5.41, 5.74) is 0. The first-order valence-corrected chi connectivity index (χ1v) is 4.73. The van der Waals surface area contributed by atoms with Crippen molar-refractivity contribution in [2.75, 3.05) is 6.26 Å². The average molecular weight is 175 g/mol.